The molecule has 1 rings (SSSR count). The highest BCUT2D eigenvalue weighted by Gasteiger charge is 2.20. The minimum Gasteiger partial charge on any atom is -0.381 e. The molecule has 2 unspecified atom stereocenters. The van der Waals surface area contributed by atoms with Crippen LogP contribution in [-0.2, 0) is 4.74 Å². The fourth-order valence-electron chi connectivity index (χ4n) is 1.15. The first-order valence-electron chi connectivity index (χ1n) is 3.53. The van der Waals surface area contributed by atoms with E-state index in [-0.39, 0.29) is 0 Å². The molecule has 1 saturated heterocycles. The van der Waals surface area contributed by atoms with Gasteiger partial charge in [0.1, 0.15) is 0 Å². The third kappa shape index (κ3) is 1.87. The van der Waals surface area contributed by atoms with E-state index < -0.39 is 0 Å². The van der Waals surface area contributed by atoms with Crippen molar-refractivity contribution >= 4 is 12.6 Å². The average Bonchev–Trinajstić information content (AvgIpc) is 2.37. The lowest BCUT2D eigenvalue weighted by molar-refractivity contribution is 0.177. The molecular formula is C7H14OS. The van der Waals surface area contributed by atoms with Crippen molar-refractivity contribution in [2.75, 3.05) is 19.0 Å². The molecule has 1 heterocycles. The first-order chi connectivity index (χ1) is 4.34. The van der Waals surface area contributed by atoms with E-state index in [1.165, 1.54) is 6.42 Å². The van der Waals surface area contributed by atoms with Crippen LogP contribution in [0.15, 0.2) is 0 Å². The van der Waals surface area contributed by atoms with E-state index >= 15 is 0 Å². The molecule has 0 aromatic heterocycles. The molecule has 54 valence electrons. The second-order valence-electron chi connectivity index (χ2n) is 2.78. The van der Waals surface area contributed by atoms with Gasteiger partial charge in [-0.15, -0.1) is 0 Å². The smallest absolute Gasteiger partial charge is 0.0497 e. The second kappa shape index (κ2) is 3.47. The Morgan fingerprint density at radius 3 is 3.00 bits per heavy atom. The number of thiol groups is 1. The summed E-state index contributed by atoms with van der Waals surface area (Å²) in [7, 11) is 0. The van der Waals surface area contributed by atoms with E-state index in [1.54, 1.807) is 0 Å². The van der Waals surface area contributed by atoms with Crippen molar-refractivity contribution in [1.29, 1.82) is 0 Å². The van der Waals surface area contributed by atoms with Crippen LogP contribution in [0.4, 0.5) is 0 Å². The van der Waals surface area contributed by atoms with E-state index in [0.29, 0.717) is 0 Å². The van der Waals surface area contributed by atoms with Gasteiger partial charge in [-0.3, -0.25) is 0 Å². The van der Waals surface area contributed by atoms with Gasteiger partial charge in [0.25, 0.3) is 0 Å². The highest BCUT2D eigenvalue weighted by atomic mass is 32.1. The maximum absolute atomic E-state index is 5.25. The Morgan fingerprint density at radius 1 is 1.78 bits per heavy atom. The van der Waals surface area contributed by atoms with Gasteiger partial charge in [-0.05, 0) is 24.0 Å². The quantitative estimate of drug-likeness (QED) is 0.582. The van der Waals surface area contributed by atoms with Crippen LogP contribution in [0.2, 0.25) is 0 Å². The van der Waals surface area contributed by atoms with Gasteiger partial charge in [-0.1, -0.05) is 6.92 Å². The zero-order chi connectivity index (χ0) is 6.69. The van der Waals surface area contributed by atoms with E-state index in [1.807, 2.05) is 0 Å². The van der Waals surface area contributed by atoms with Crippen LogP contribution in [0.3, 0.4) is 0 Å². The molecule has 2 atom stereocenters. The molecule has 0 spiro atoms. The van der Waals surface area contributed by atoms with Crippen molar-refractivity contribution < 1.29 is 4.74 Å². The van der Waals surface area contributed by atoms with Gasteiger partial charge in [-0.2, -0.15) is 12.6 Å². The maximum Gasteiger partial charge on any atom is 0.0497 e. The topological polar surface area (TPSA) is 9.23 Å². The first kappa shape index (κ1) is 7.42. The molecule has 1 aliphatic rings. The monoisotopic (exact) mass is 146 g/mol. The van der Waals surface area contributed by atoms with Crippen LogP contribution in [0.25, 0.3) is 0 Å². The number of ether oxygens (including phenoxy) is 1. The van der Waals surface area contributed by atoms with Gasteiger partial charge >= 0.3 is 0 Å². The van der Waals surface area contributed by atoms with Crippen LogP contribution in [0, 0.1) is 11.8 Å². The van der Waals surface area contributed by atoms with Crippen LogP contribution in [-0.4, -0.2) is 19.0 Å². The highest BCUT2D eigenvalue weighted by molar-refractivity contribution is 7.80. The molecule has 0 aliphatic carbocycles. The van der Waals surface area contributed by atoms with Gasteiger partial charge in [0.15, 0.2) is 0 Å². The lowest BCUT2D eigenvalue weighted by Crippen LogP contribution is -2.12. The number of hydrogen-bond acceptors (Lipinski definition) is 2. The summed E-state index contributed by atoms with van der Waals surface area (Å²) < 4.78 is 5.25. The van der Waals surface area contributed by atoms with Gasteiger partial charge < -0.3 is 4.74 Å². The van der Waals surface area contributed by atoms with Crippen molar-refractivity contribution in [1.82, 2.24) is 0 Å². The normalized spacial score (nSPS) is 30.7. The molecule has 0 aromatic rings. The summed E-state index contributed by atoms with van der Waals surface area (Å²) in [6, 6.07) is 0. The number of rotatable bonds is 2. The Morgan fingerprint density at radius 2 is 2.56 bits per heavy atom. The predicted octanol–water partition coefficient (Wildman–Crippen LogP) is 1.59. The van der Waals surface area contributed by atoms with E-state index in [9.17, 15) is 0 Å². The van der Waals surface area contributed by atoms with E-state index in [0.717, 1.165) is 30.8 Å². The van der Waals surface area contributed by atoms with Gasteiger partial charge in [0.05, 0.1) is 0 Å². The van der Waals surface area contributed by atoms with E-state index in [2.05, 4.69) is 19.6 Å². The maximum atomic E-state index is 5.25. The molecule has 1 nitrogen and oxygen atoms in total. The second-order valence-corrected chi connectivity index (χ2v) is 3.15. The average molecular weight is 146 g/mol. The van der Waals surface area contributed by atoms with Crippen molar-refractivity contribution in [2.24, 2.45) is 11.8 Å². The van der Waals surface area contributed by atoms with Gasteiger partial charge in [0, 0.05) is 13.2 Å². The fourth-order valence-corrected chi connectivity index (χ4v) is 1.45. The number of hydrogen-bond donors (Lipinski definition) is 1. The standard InChI is InChI=1S/C7H14OS/c1-6(5-9)7-2-3-8-4-7/h6-7,9H,2-5H2,1H3. The minimum absolute atomic E-state index is 0.732. The molecule has 0 aromatic carbocycles. The van der Waals surface area contributed by atoms with Gasteiger partial charge in [-0.25, -0.2) is 0 Å². The van der Waals surface area contributed by atoms with E-state index in [4.69, 9.17) is 4.74 Å². The van der Waals surface area contributed by atoms with Crippen LogP contribution < -0.4 is 0 Å². The molecule has 0 amide bonds. The Bertz CT molecular complexity index is 79.0. The SMILES string of the molecule is CC(CS)C1CCOC1. The molecule has 2 heteroatoms. The van der Waals surface area contributed by atoms with Crippen molar-refractivity contribution in [3.05, 3.63) is 0 Å². The summed E-state index contributed by atoms with van der Waals surface area (Å²) in [5, 5.41) is 0. The Balaban J connectivity index is 2.24. The predicted molar refractivity (Wildman–Crippen MR) is 41.9 cm³/mol. The summed E-state index contributed by atoms with van der Waals surface area (Å²) in [6.07, 6.45) is 1.24. The molecule has 9 heavy (non-hydrogen) atoms. The first-order valence-corrected chi connectivity index (χ1v) is 4.16. The third-order valence-electron chi connectivity index (χ3n) is 2.06. The van der Waals surface area contributed by atoms with Crippen LogP contribution in [0.5, 0.6) is 0 Å². The summed E-state index contributed by atoms with van der Waals surface area (Å²) in [4.78, 5) is 0. The highest BCUT2D eigenvalue weighted by Crippen LogP contribution is 2.21. The summed E-state index contributed by atoms with van der Waals surface area (Å²) in [5.74, 6) is 2.51. The van der Waals surface area contributed by atoms with Crippen LogP contribution in [0.1, 0.15) is 13.3 Å². The summed E-state index contributed by atoms with van der Waals surface area (Å²) in [6.45, 7) is 4.16. The van der Waals surface area contributed by atoms with Crippen molar-refractivity contribution in [3.8, 4) is 0 Å². The summed E-state index contributed by atoms with van der Waals surface area (Å²) in [5.41, 5.74) is 0. The molecule has 1 fully saturated rings. The fraction of sp³-hybridized carbons (Fsp3) is 1.00. The lowest BCUT2D eigenvalue weighted by atomic mass is 9.95. The Kier molecular flexibility index (Phi) is 2.86. The molecular weight excluding hydrogens is 132 g/mol. The van der Waals surface area contributed by atoms with Crippen LogP contribution >= 0.6 is 12.6 Å². The molecule has 0 saturated carbocycles. The molecule has 0 N–H and O–H groups in total. The minimum atomic E-state index is 0.732. The van der Waals surface area contributed by atoms with Gasteiger partial charge in [0.2, 0.25) is 0 Å². The van der Waals surface area contributed by atoms with Crippen molar-refractivity contribution in [3.63, 3.8) is 0 Å². The third-order valence-corrected chi connectivity index (χ3v) is 2.63. The Labute approximate surface area is 62.2 Å². The van der Waals surface area contributed by atoms with Crippen molar-refractivity contribution in [2.45, 2.75) is 13.3 Å². The lowest BCUT2D eigenvalue weighted by Gasteiger charge is -2.13. The zero-order valence-electron chi connectivity index (χ0n) is 5.84. The zero-order valence-corrected chi connectivity index (χ0v) is 6.73. The Hall–Kier alpha value is 0.310. The largest absolute Gasteiger partial charge is 0.381 e. The molecule has 1 aliphatic heterocycles. The molecule has 0 bridgehead atoms. The summed E-state index contributed by atoms with van der Waals surface area (Å²) >= 11 is 4.24. The molecule has 0 radical (unpaired) electrons.